The molecule has 1 aromatic heterocycles. The van der Waals surface area contributed by atoms with Gasteiger partial charge in [-0.25, -0.2) is 4.98 Å². The first-order valence-electron chi connectivity index (χ1n) is 8.21. The molecule has 3 rings (SSSR count). The minimum absolute atomic E-state index is 0. The molecule has 2 aromatic carbocycles. The molecule has 7 heteroatoms. The summed E-state index contributed by atoms with van der Waals surface area (Å²) in [6.45, 7) is 1.88. The largest absolute Gasteiger partial charge is 0.352 e. The minimum atomic E-state index is 0. The van der Waals surface area contributed by atoms with Crippen molar-refractivity contribution in [2.45, 2.75) is 25.9 Å². The van der Waals surface area contributed by atoms with Gasteiger partial charge in [0.1, 0.15) is 0 Å². The van der Waals surface area contributed by atoms with Crippen LogP contribution in [0.25, 0.3) is 11.0 Å². The highest BCUT2D eigenvalue weighted by Crippen LogP contribution is 2.14. The summed E-state index contributed by atoms with van der Waals surface area (Å²) in [5, 5.41) is 2.91. The maximum absolute atomic E-state index is 11.6. The van der Waals surface area contributed by atoms with Gasteiger partial charge < -0.3 is 15.6 Å². The van der Waals surface area contributed by atoms with Gasteiger partial charge in [0, 0.05) is 19.5 Å². The van der Waals surface area contributed by atoms with Crippen molar-refractivity contribution in [3.05, 3.63) is 66.0 Å². The lowest BCUT2D eigenvalue weighted by molar-refractivity contribution is -0.121. The van der Waals surface area contributed by atoms with E-state index >= 15 is 0 Å². The van der Waals surface area contributed by atoms with Crippen molar-refractivity contribution in [3.63, 3.8) is 0 Å². The topological polar surface area (TPSA) is 72.9 Å². The van der Waals surface area contributed by atoms with E-state index in [4.69, 9.17) is 5.73 Å². The van der Waals surface area contributed by atoms with E-state index in [9.17, 15) is 4.79 Å². The number of hydrogen-bond donors (Lipinski definition) is 2. The highest BCUT2D eigenvalue weighted by atomic mass is 35.5. The van der Waals surface area contributed by atoms with Crippen LogP contribution < -0.4 is 11.1 Å². The third-order valence-corrected chi connectivity index (χ3v) is 4.00. The number of benzene rings is 2. The van der Waals surface area contributed by atoms with Gasteiger partial charge in [-0.15, -0.1) is 24.8 Å². The summed E-state index contributed by atoms with van der Waals surface area (Å²) < 4.78 is 2.14. The quantitative estimate of drug-likeness (QED) is 0.645. The Morgan fingerprint density at radius 3 is 2.46 bits per heavy atom. The number of rotatable bonds is 7. The number of fused-ring (bicyclic) bond motifs is 1. The normalized spacial score (nSPS) is 10.0. The molecular formula is C19H24Cl2N4O. The molecule has 0 unspecified atom stereocenters. The molecule has 0 aliphatic rings. The fourth-order valence-electron chi connectivity index (χ4n) is 2.65. The zero-order valence-electron chi connectivity index (χ0n) is 14.4. The molecule has 0 spiro atoms. The van der Waals surface area contributed by atoms with Gasteiger partial charge in [-0.3, -0.25) is 4.79 Å². The van der Waals surface area contributed by atoms with Crippen LogP contribution in [0, 0.1) is 0 Å². The highest BCUT2D eigenvalue weighted by molar-refractivity contribution is 5.85. The molecule has 0 saturated carbocycles. The lowest BCUT2D eigenvalue weighted by Gasteiger charge is -2.08. The predicted molar refractivity (Wildman–Crippen MR) is 110 cm³/mol. The summed E-state index contributed by atoms with van der Waals surface area (Å²) in [6, 6.07) is 16.4. The molecule has 0 aliphatic heterocycles. The third kappa shape index (κ3) is 5.73. The number of imidazole rings is 1. The van der Waals surface area contributed by atoms with Crippen molar-refractivity contribution in [2.75, 3.05) is 6.54 Å². The van der Waals surface area contributed by atoms with Crippen molar-refractivity contribution in [3.8, 4) is 0 Å². The van der Waals surface area contributed by atoms with E-state index in [2.05, 4.69) is 45.2 Å². The van der Waals surface area contributed by atoms with Crippen molar-refractivity contribution in [1.82, 2.24) is 14.9 Å². The molecule has 0 fully saturated rings. The summed E-state index contributed by atoms with van der Waals surface area (Å²) in [7, 11) is 0. The van der Waals surface area contributed by atoms with E-state index < -0.39 is 0 Å². The summed E-state index contributed by atoms with van der Waals surface area (Å²) in [6.07, 6.45) is 3.09. The first kappa shape index (κ1) is 22.0. The Morgan fingerprint density at radius 2 is 1.73 bits per heavy atom. The molecule has 0 atom stereocenters. The second-order valence-corrected chi connectivity index (χ2v) is 5.85. The minimum Gasteiger partial charge on any atom is -0.352 e. The van der Waals surface area contributed by atoms with Crippen LogP contribution in [0.15, 0.2) is 54.9 Å². The number of amides is 1. The van der Waals surface area contributed by atoms with E-state index in [0.29, 0.717) is 19.5 Å². The number of para-hydroxylation sites is 2. The zero-order chi connectivity index (χ0) is 16.8. The summed E-state index contributed by atoms with van der Waals surface area (Å²) >= 11 is 0. The standard InChI is InChI=1S/C19H22N4O.2ClH/c20-11-3-6-19(24)21-12-15-7-9-16(10-8-15)13-23-14-22-17-4-1-2-5-18(17)23;;/h1-2,4-5,7-10,14H,3,6,11-13,20H2,(H,21,24);2*1H. The van der Waals surface area contributed by atoms with Crippen molar-refractivity contribution in [1.29, 1.82) is 0 Å². The molecule has 0 saturated heterocycles. The van der Waals surface area contributed by atoms with Crippen molar-refractivity contribution in [2.24, 2.45) is 5.73 Å². The first-order chi connectivity index (χ1) is 11.8. The number of nitrogens with two attached hydrogens (primary N) is 1. The fraction of sp³-hybridized carbons (Fsp3) is 0.263. The number of nitrogens with zero attached hydrogens (tertiary/aromatic N) is 2. The number of halogens is 2. The van der Waals surface area contributed by atoms with Crippen LogP contribution in [-0.4, -0.2) is 22.0 Å². The van der Waals surface area contributed by atoms with E-state index in [-0.39, 0.29) is 30.7 Å². The summed E-state index contributed by atoms with van der Waals surface area (Å²) in [5.74, 6) is 0.0504. The highest BCUT2D eigenvalue weighted by Gasteiger charge is 2.03. The van der Waals surface area contributed by atoms with Crippen LogP contribution in [0.3, 0.4) is 0 Å². The monoisotopic (exact) mass is 394 g/mol. The van der Waals surface area contributed by atoms with E-state index in [1.807, 2.05) is 24.5 Å². The number of hydrogen-bond acceptors (Lipinski definition) is 3. The summed E-state index contributed by atoms with van der Waals surface area (Å²) in [4.78, 5) is 16.0. The molecule has 26 heavy (non-hydrogen) atoms. The molecular weight excluding hydrogens is 371 g/mol. The number of carbonyl (C=O) groups excluding carboxylic acids is 1. The molecule has 0 bridgehead atoms. The fourth-order valence-corrected chi connectivity index (χ4v) is 2.65. The smallest absolute Gasteiger partial charge is 0.220 e. The van der Waals surface area contributed by atoms with E-state index in [1.54, 1.807) is 0 Å². The molecule has 0 radical (unpaired) electrons. The molecule has 140 valence electrons. The van der Waals surface area contributed by atoms with Crippen molar-refractivity contribution < 1.29 is 4.79 Å². The zero-order valence-corrected chi connectivity index (χ0v) is 16.1. The van der Waals surface area contributed by atoms with Crippen LogP contribution >= 0.6 is 24.8 Å². The van der Waals surface area contributed by atoms with Gasteiger partial charge in [0.2, 0.25) is 5.91 Å². The summed E-state index contributed by atoms with van der Waals surface area (Å²) in [5.41, 5.74) is 9.84. The van der Waals surface area contributed by atoms with Gasteiger partial charge in [0.05, 0.1) is 17.4 Å². The van der Waals surface area contributed by atoms with Crippen LogP contribution in [0.1, 0.15) is 24.0 Å². The van der Waals surface area contributed by atoms with E-state index in [1.165, 1.54) is 5.56 Å². The molecule has 5 nitrogen and oxygen atoms in total. The molecule has 3 aromatic rings. The Kier molecular flexibility index (Phi) is 9.13. The van der Waals surface area contributed by atoms with Gasteiger partial charge in [-0.05, 0) is 36.2 Å². The Labute approximate surface area is 165 Å². The van der Waals surface area contributed by atoms with E-state index in [0.717, 1.165) is 29.6 Å². The molecule has 3 N–H and O–H groups in total. The molecule has 0 aliphatic carbocycles. The third-order valence-electron chi connectivity index (χ3n) is 4.00. The van der Waals surface area contributed by atoms with Crippen LogP contribution in [-0.2, 0) is 17.9 Å². The number of aromatic nitrogens is 2. The first-order valence-corrected chi connectivity index (χ1v) is 8.21. The molecule has 1 heterocycles. The maximum Gasteiger partial charge on any atom is 0.220 e. The van der Waals surface area contributed by atoms with Gasteiger partial charge in [-0.2, -0.15) is 0 Å². The maximum atomic E-state index is 11.6. The van der Waals surface area contributed by atoms with Gasteiger partial charge in [-0.1, -0.05) is 36.4 Å². The SMILES string of the molecule is Cl.Cl.NCCCC(=O)NCc1ccc(Cn2cnc3ccccc32)cc1. The number of carbonyl (C=O) groups is 1. The number of nitrogens with one attached hydrogen (secondary N) is 1. The Hall–Kier alpha value is -2.08. The van der Waals surface area contributed by atoms with Crippen LogP contribution in [0.4, 0.5) is 0 Å². The average Bonchev–Trinajstić information content (AvgIpc) is 3.02. The molecule has 1 amide bonds. The second kappa shape index (κ2) is 10.8. The van der Waals surface area contributed by atoms with Gasteiger partial charge >= 0.3 is 0 Å². The Balaban J connectivity index is 0.00000169. The van der Waals surface area contributed by atoms with Gasteiger partial charge in [0.25, 0.3) is 0 Å². The van der Waals surface area contributed by atoms with Crippen LogP contribution in [0.2, 0.25) is 0 Å². The average molecular weight is 395 g/mol. The Bertz CT molecular complexity index is 818. The van der Waals surface area contributed by atoms with Gasteiger partial charge in [0.15, 0.2) is 0 Å². The van der Waals surface area contributed by atoms with Crippen LogP contribution in [0.5, 0.6) is 0 Å². The Morgan fingerprint density at radius 1 is 1.04 bits per heavy atom. The lowest BCUT2D eigenvalue weighted by atomic mass is 10.1. The lowest BCUT2D eigenvalue weighted by Crippen LogP contribution is -2.23. The second-order valence-electron chi connectivity index (χ2n) is 5.85. The van der Waals surface area contributed by atoms with Crippen molar-refractivity contribution >= 4 is 41.8 Å². The predicted octanol–water partition coefficient (Wildman–Crippen LogP) is 3.28.